The fourth-order valence-corrected chi connectivity index (χ4v) is 0.323. The second-order valence-electron chi connectivity index (χ2n) is 1.95. The summed E-state index contributed by atoms with van der Waals surface area (Å²) in [5, 5.41) is 22.9. The monoisotopic (exact) mass is 160 g/mol. The van der Waals surface area contributed by atoms with Crippen LogP contribution in [0.25, 0.3) is 0 Å². The number of hydrogen-bond acceptors (Lipinski definition) is 5. The van der Waals surface area contributed by atoms with Gasteiger partial charge in [-0.25, -0.2) is 4.63 Å². The average molecular weight is 160 g/mol. The van der Waals surface area contributed by atoms with E-state index in [2.05, 4.69) is 14.9 Å². The van der Waals surface area contributed by atoms with Crippen molar-refractivity contribution >= 4 is 0 Å². The SMILES string of the molecule is CC(O)CCO.c1cnon1. The van der Waals surface area contributed by atoms with Gasteiger partial charge in [-0.3, -0.25) is 0 Å². The van der Waals surface area contributed by atoms with E-state index in [1.165, 1.54) is 12.4 Å². The molecule has 0 saturated carbocycles. The number of aromatic nitrogens is 2. The minimum Gasteiger partial charge on any atom is -0.396 e. The molecular formula is C6H12N2O3. The molecule has 0 spiro atoms. The maximum atomic E-state index is 8.39. The molecule has 1 aromatic heterocycles. The van der Waals surface area contributed by atoms with Crippen LogP contribution in [0.15, 0.2) is 17.0 Å². The summed E-state index contributed by atoms with van der Waals surface area (Å²) in [5.41, 5.74) is 0. The molecule has 0 aliphatic carbocycles. The number of hydrogen-bond donors (Lipinski definition) is 2. The number of nitrogens with zero attached hydrogens (tertiary/aromatic N) is 2. The van der Waals surface area contributed by atoms with E-state index >= 15 is 0 Å². The normalized spacial score (nSPS) is 11.5. The smallest absolute Gasteiger partial charge is 0.0913 e. The zero-order chi connectivity index (χ0) is 8.53. The van der Waals surface area contributed by atoms with Crippen LogP contribution in [0.5, 0.6) is 0 Å². The number of aliphatic hydroxyl groups excluding tert-OH is 2. The predicted molar refractivity (Wildman–Crippen MR) is 37.7 cm³/mol. The summed E-state index contributed by atoms with van der Waals surface area (Å²) in [7, 11) is 0. The topological polar surface area (TPSA) is 79.4 Å². The van der Waals surface area contributed by atoms with Crippen molar-refractivity contribution in [1.29, 1.82) is 0 Å². The first-order valence-electron chi connectivity index (χ1n) is 3.27. The van der Waals surface area contributed by atoms with Crippen molar-refractivity contribution in [1.82, 2.24) is 10.3 Å². The lowest BCUT2D eigenvalue weighted by Crippen LogP contribution is -2.00. The molecule has 5 heteroatoms. The van der Waals surface area contributed by atoms with Gasteiger partial charge in [0, 0.05) is 6.61 Å². The minimum atomic E-state index is -0.352. The summed E-state index contributed by atoms with van der Waals surface area (Å²) in [4.78, 5) is 0. The molecule has 11 heavy (non-hydrogen) atoms. The Labute approximate surface area is 64.6 Å². The van der Waals surface area contributed by atoms with Gasteiger partial charge in [0.2, 0.25) is 0 Å². The lowest BCUT2D eigenvalue weighted by Gasteiger charge is -1.95. The van der Waals surface area contributed by atoms with Gasteiger partial charge in [0.05, 0.1) is 18.5 Å². The van der Waals surface area contributed by atoms with E-state index in [0.717, 1.165) is 0 Å². The van der Waals surface area contributed by atoms with Gasteiger partial charge in [-0.05, 0) is 13.3 Å². The summed E-state index contributed by atoms with van der Waals surface area (Å²) in [6, 6.07) is 0. The zero-order valence-corrected chi connectivity index (χ0v) is 6.34. The van der Waals surface area contributed by atoms with Crippen LogP contribution in [0.1, 0.15) is 13.3 Å². The van der Waals surface area contributed by atoms with E-state index in [9.17, 15) is 0 Å². The Hall–Kier alpha value is -0.940. The van der Waals surface area contributed by atoms with Gasteiger partial charge in [0.1, 0.15) is 0 Å². The van der Waals surface area contributed by atoms with Crippen LogP contribution in [0, 0.1) is 0 Å². The maximum absolute atomic E-state index is 8.39. The molecule has 0 saturated heterocycles. The van der Waals surface area contributed by atoms with Gasteiger partial charge in [0.25, 0.3) is 0 Å². The minimum absolute atomic E-state index is 0.0810. The molecule has 0 aromatic carbocycles. The number of aliphatic hydroxyl groups is 2. The Morgan fingerprint density at radius 3 is 2.09 bits per heavy atom. The molecule has 1 rings (SSSR count). The molecule has 0 aliphatic heterocycles. The average Bonchev–Trinajstić information content (AvgIpc) is 2.41. The van der Waals surface area contributed by atoms with Crippen LogP contribution < -0.4 is 0 Å². The Morgan fingerprint density at radius 1 is 1.45 bits per heavy atom. The van der Waals surface area contributed by atoms with E-state index in [0.29, 0.717) is 6.42 Å². The van der Waals surface area contributed by atoms with Gasteiger partial charge in [-0.2, -0.15) is 0 Å². The van der Waals surface area contributed by atoms with Crippen LogP contribution in [0.2, 0.25) is 0 Å². The van der Waals surface area contributed by atoms with Crippen molar-refractivity contribution in [2.45, 2.75) is 19.4 Å². The second kappa shape index (κ2) is 7.17. The Kier molecular flexibility index (Phi) is 6.56. The standard InChI is InChI=1S/C4H10O2.C2H2N2O/c1-4(6)2-3-5;1-2-4-5-3-1/h4-6H,2-3H2,1H3;1-2H. The molecule has 64 valence electrons. The van der Waals surface area contributed by atoms with Crippen molar-refractivity contribution in [3.8, 4) is 0 Å². The highest BCUT2D eigenvalue weighted by molar-refractivity contribution is 4.51. The maximum Gasteiger partial charge on any atom is 0.0913 e. The van der Waals surface area contributed by atoms with Crippen molar-refractivity contribution in [3.63, 3.8) is 0 Å². The molecule has 1 unspecified atom stereocenters. The molecular weight excluding hydrogens is 148 g/mol. The lowest BCUT2D eigenvalue weighted by molar-refractivity contribution is 0.148. The first kappa shape index (κ1) is 10.1. The van der Waals surface area contributed by atoms with Crippen molar-refractivity contribution in [2.24, 2.45) is 0 Å². The molecule has 1 aromatic rings. The molecule has 5 nitrogen and oxygen atoms in total. The fourth-order valence-electron chi connectivity index (χ4n) is 0.323. The van der Waals surface area contributed by atoms with E-state index in [1.54, 1.807) is 6.92 Å². The highest BCUT2D eigenvalue weighted by Crippen LogP contribution is 1.83. The molecule has 1 atom stereocenters. The molecule has 2 N–H and O–H groups in total. The van der Waals surface area contributed by atoms with Crippen molar-refractivity contribution in [2.75, 3.05) is 6.61 Å². The first-order chi connectivity index (χ1) is 5.27. The number of rotatable bonds is 2. The summed E-state index contributed by atoms with van der Waals surface area (Å²) in [6.07, 6.45) is 3.08. The second-order valence-corrected chi connectivity index (χ2v) is 1.95. The van der Waals surface area contributed by atoms with E-state index in [4.69, 9.17) is 10.2 Å². The quantitative estimate of drug-likeness (QED) is 0.627. The van der Waals surface area contributed by atoms with E-state index < -0.39 is 0 Å². The predicted octanol–water partition coefficient (Wildman–Crippen LogP) is -0.181. The van der Waals surface area contributed by atoms with Crippen LogP contribution in [-0.2, 0) is 0 Å². The zero-order valence-electron chi connectivity index (χ0n) is 6.34. The third-order valence-corrected chi connectivity index (χ3v) is 0.830. The van der Waals surface area contributed by atoms with Gasteiger partial charge in [-0.15, -0.1) is 0 Å². The van der Waals surface area contributed by atoms with E-state index in [1.807, 2.05) is 0 Å². The summed E-state index contributed by atoms with van der Waals surface area (Å²) < 4.78 is 4.08. The van der Waals surface area contributed by atoms with E-state index in [-0.39, 0.29) is 12.7 Å². The van der Waals surface area contributed by atoms with Crippen LogP contribution in [-0.4, -0.2) is 33.2 Å². The molecule has 0 amide bonds. The third kappa shape index (κ3) is 9.06. The van der Waals surface area contributed by atoms with Gasteiger partial charge < -0.3 is 10.2 Å². The Bertz CT molecular complexity index is 124. The third-order valence-electron chi connectivity index (χ3n) is 0.830. The molecule has 0 bridgehead atoms. The molecule has 1 heterocycles. The van der Waals surface area contributed by atoms with Crippen molar-refractivity contribution < 1.29 is 14.8 Å². The van der Waals surface area contributed by atoms with Crippen LogP contribution in [0.3, 0.4) is 0 Å². The summed E-state index contributed by atoms with van der Waals surface area (Å²) in [5.74, 6) is 0. The van der Waals surface area contributed by atoms with Crippen molar-refractivity contribution in [3.05, 3.63) is 12.4 Å². The summed E-state index contributed by atoms with van der Waals surface area (Å²) in [6.45, 7) is 1.73. The first-order valence-corrected chi connectivity index (χ1v) is 3.27. The van der Waals surface area contributed by atoms with Gasteiger partial charge in [0.15, 0.2) is 0 Å². The highest BCUT2D eigenvalue weighted by Gasteiger charge is 1.88. The molecule has 0 fully saturated rings. The van der Waals surface area contributed by atoms with Gasteiger partial charge in [-0.1, -0.05) is 10.3 Å². The van der Waals surface area contributed by atoms with Gasteiger partial charge >= 0.3 is 0 Å². The summed E-state index contributed by atoms with van der Waals surface area (Å²) >= 11 is 0. The highest BCUT2D eigenvalue weighted by atomic mass is 16.6. The lowest BCUT2D eigenvalue weighted by atomic mass is 10.3. The Morgan fingerprint density at radius 2 is 2.00 bits per heavy atom. The molecule has 0 radical (unpaired) electrons. The molecule has 0 aliphatic rings. The van der Waals surface area contributed by atoms with Crippen LogP contribution >= 0.6 is 0 Å². The Balaban J connectivity index is 0.000000183. The largest absolute Gasteiger partial charge is 0.396 e. The fraction of sp³-hybridized carbons (Fsp3) is 0.667. The van der Waals surface area contributed by atoms with Crippen LogP contribution in [0.4, 0.5) is 0 Å².